The Hall–Kier alpha value is -0.740. The Bertz CT molecular complexity index is 269. The van der Waals surface area contributed by atoms with E-state index in [0.29, 0.717) is 5.31 Å². The van der Waals surface area contributed by atoms with E-state index < -0.39 is 11.7 Å². The molecule has 0 aromatic carbocycles. The molecule has 0 spiro atoms. The van der Waals surface area contributed by atoms with Crippen molar-refractivity contribution >= 4 is 9.24 Å². The molecule has 0 saturated heterocycles. The summed E-state index contributed by atoms with van der Waals surface area (Å²) in [7, 11) is 2.16. The zero-order valence-corrected chi connectivity index (χ0v) is 7.65. The Morgan fingerprint density at radius 2 is 2.00 bits per heavy atom. The van der Waals surface area contributed by atoms with Gasteiger partial charge in [0.1, 0.15) is 5.57 Å². The largest absolute Gasteiger partial charge is 0.424 e. The molecule has 1 unspecified atom stereocenters. The van der Waals surface area contributed by atoms with Gasteiger partial charge in [-0.1, -0.05) is 16.8 Å². The van der Waals surface area contributed by atoms with Crippen LogP contribution in [0.25, 0.3) is 0 Å². The van der Waals surface area contributed by atoms with Gasteiger partial charge < -0.3 is 0 Å². The van der Waals surface area contributed by atoms with E-state index in [1.807, 2.05) is 11.5 Å². The highest BCUT2D eigenvalue weighted by atomic mass is 31.0. The quantitative estimate of drug-likeness (QED) is 0.340. The van der Waals surface area contributed by atoms with Gasteiger partial charge in [0.2, 0.25) is 0 Å². The summed E-state index contributed by atoms with van der Waals surface area (Å²) in [5.74, 6) is 0. The van der Waals surface area contributed by atoms with Crippen LogP contribution >= 0.6 is 9.24 Å². The van der Waals surface area contributed by atoms with E-state index in [1.54, 1.807) is 6.92 Å². The van der Waals surface area contributed by atoms with Crippen LogP contribution in [0.3, 0.4) is 0 Å². The fourth-order valence-corrected chi connectivity index (χ4v) is 0.678. The number of hydrogen-bond donors (Lipinski definition) is 0. The summed E-state index contributed by atoms with van der Waals surface area (Å²) >= 11 is 0. The normalized spacial score (nSPS) is 11.9. The molecule has 0 aliphatic heterocycles. The summed E-state index contributed by atoms with van der Waals surface area (Å²) < 4.78 is 36.1. The van der Waals surface area contributed by atoms with Crippen molar-refractivity contribution in [2.24, 2.45) is 0 Å². The lowest BCUT2D eigenvalue weighted by Gasteiger charge is -2.03. The topological polar surface area (TPSA) is 0 Å². The predicted octanol–water partition coefficient (Wildman–Crippen LogP) is 3.19. The molecule has 0 aliphatic carbocycles. The van der Waals surface area contributed by atoms with Gasteiger partial charge in [-0.15, -0.1) is 9.24 Å². The van der Waals surface area contributed by atoms with E-state index >= 15 is 0 Å². The molecule has 66 valence electrons. The van der Waals surface area contributed by atoms with Gasteiger partial charge in [-0.05, 0) is 19.6 Å². The van der Waals surface area contributed by atoms with Crippen molar-refractivity contribution in [1.29, 1.82) is 0 Å². The van der Waals surface area contributed by atoms with Crippen molar-refractivity contribution in [2.75, 3.05) is 0 Å². The first-order valence-electron chi connectivity index (χ1n) is 3.04. The van der Waals surface area contributed by atoms with Crippen LogP contribution in [0.5, 0.6) is 0 Å². The molecule has 0 heterocycles. The van der Waals surface area contributed by atoms with Crippen LogP contribution in [-0.4, -0.2) is 6.18 Å². The molecule has 12 heavy (non-hydrogen) atoms. The second-order valence-corrected chi connectivity index (χ2v) is 3.01. The van der Waals surface area contributed by atoms with Crippen LogP contribution in [0.15, 0.2) is 35.0 Å². The van der Waals surface area contributed by atoms with Crippen LogP contribution < -0.4 is 0 Å². The van der Waals surface area contributed by atoms with Crippen molar-refractivity contribution < 1.29 is 13.2 Å². The van der Waals surface area contributed by atoms with Gasteiger partial charge in [-0.25, -0.2) is 0 Å². The lowest BCUT2D eigenvalue weighted by molar-refractivity contribution is -0.0880. The Kier molecular flexibility index (Phi) is 4.06. The number of rotatable bonds is 1. The summed E-state index contributed by atoms with van der Waals surface area (Å²) in [5, 5.41) is 0.477. The van der Waals surface area contributed by atoms with Crippen LogP contribution in [0.4, 0.5) is 13.2 Å². The maximum Gasteiger partial charge on any atom is 0.424 e. The highest BCUT2D eigenvalue weighted by molar-refractivity contribution is 7.22. The molecule has 0 aromatic rings. The molecule has 0 amide bonds. The molecular weight excluding hydrogens is 184 g/mol. The van der Waals surface area contributed by atoms with Gasteiger partial charge >= 0.3 is 6.18 Å². The third kappa shape index (κ3) is 4.20. The summed E-state index contributed by atoms with van der Waals surface area (Å²) in [4.78, 5) is 0. The van der Waals surface area contributed by atoms with E-state index in [4.69, 9.17) is 0 Å². The van der Waals surface area contributed by atoms with Crippen LogP contribution in [0, 0.1) is 0 Å². The minimum absolute atomic E-state index is 0.477. The molecule has 0 rings (SSSR count). The fraction of sp³-hybridized carbons (Fsp3) is 0.250. The highest BCUT2D eigenvalue weighted by Crippen LogP contribution is 2.27. The maximum absolute atomic E-state index is 12.0. The molecule has 0 aromatic heterocycles. The third-order valence-corrected chi connectivity index (χ3v) is 1.07. The van der Waals surface area contributed by atoms with Crippen molar-refractivity contribution in [3.8, 4) is 0 Å². The van der Waals surface area contributed by atoms with Crippen LogP contribution in [0.2, 0.25) is 0 Å². The Morgan fingerprint density at radius 1 is 1.50 bits per heavy atom. The standard InChI is InChI=1S/C8H8F3P/c1-3-4-7(5-6(2)12)8(9,10)11/h5H,1,12H2,2H3/b6-5-. The first kappa shape index (κ1) is 11.3. The van der Waals surface area contributed by atoms with Crippen molar-refractivity contribution in [3.63, 3.8) is 0 Å². The van der Waals surface area contributed by atoms with E-state index in [1.165, 1.54) is 0 Å². The predicted molar refractivity (Wildman–Crippen MR) is 45.7 cm³/mol. The molecular formula is C8H8F3P. The number of allylic oxidation sites excluding steroid dienone is 3. The second-order valence-electron chi connectivity index (χ2n) is 2.10. The van der Waals surface area contributed by atoms with Crippen LogP contribution in [-0.2, 0) is 0 Å². The number of hydrogen-bond acceptors (Lipinski definition) is 0. The lowest BCUT2D eigenvalue weighted by Crippen LogP contribution is -2.08. The molecule has 4 heteroatoms. The zero-order valence-electron chi connectivity index (χ0n) is 6.50. The van der Waals surface area contributed by atoms with E-state index in [9.17, 15) is 13.2 Å². The minimum Gasteiger partial charge on any atom is -0.165 e. The van der Waals surface area contributed by atoms with Gasteiger partial charge in [0.05, 0.1) is 0 Å². The van der Waals surface area contributed by atoms with Gasteiger partial charge in [-0.3, -0.25) is 0 Å². The molecule has 0 radical (unpaired) electrons. The molecule has 0 saturated carbocycles. The smallest absolute Gasteiger partial charge is 0.165 e. The molecule has 0 bridgehead atoms. The van der Waals surface area contributed by atoms with Gasteiger partial charge in [-0.2, -0.15) is 13.2 Å². The Morgan fingerprint density at radius 3 is 2.25 bits per heavy atom. The van der Waals surface area contributed by atoms with Crippen molar-refractivity contribution in [1.82, 2.24) is 0 Å². The minimum atomic E-state index is -4.39. The van der Waals surface area contributed by atoms with Crippen molar-refractivity contribution in [2.45, 2.75) is 13.1 Å². The summed E-state index contributed by atoms with van der Waals surface area (Å²) in [5.41, 5.74) is 2.99. The average molecular weight is 192 g/mol. The van der Waals surface area contributed by atoms with Gasteiger partial charge in [0.15, 0.2) is 0 Å². The molecule has 0 fully saturated rings. The Balaban J connectivity index is 5.12. The number of halogens is 3. The molecule has 1 atom stereocenters. The zero-order chi connectivity index (χ0) is 9.78. The van der Waals surface area contributed by atoms with Gasteiger partial charge in [0.25, 0.3) is 0 Å². The Labute approximate surface area is 71.4 Å². The second kappa shape index (κ2) is 4.33. The maximum atomic E-state index is 12.0. The summed E-state index contributed by atoms with van der Waals surface area (Å²) in [6, 6.07) is 0. The van der Waals surface area contributed by atoms with E-state index in [-0.39, 0.29) is 0 Å². The van der Waals surface area contributed by atoms with E-state index in [0.717, 1.165) is 6.08 Å². The monoisotopic (exact) mass is 192 g/mol. The third-order valence-electron chi connectivity index (χ3n) is 0.900. The van der Waals surface area contributed by atoms with Crippen LogP contribution in [0.1, 0.15) is 6.92 Å². The molecule has 0 nitrogen and oxygen atoms in total. The SMILES string of the molecule is C=C=C=C(/C=C(/C)P)C(F)(F)F. The van der Waals surface area contributed by atoms with Crippen molar-refractivity contribution in [3.05, 3.63) is 35.0 Å². The van der Waals surface area contributed by atoms with Gasteiger partial charge in [0, 0.05) is 0 Å². The lowest BCUT2D eigenvalue weighted by atomic mass is 10.2. The first-order valence-corrected chi connectivity index (χ1v) is 3.61. The first-order chi connectivity index (χ1) is 5.38. The highest BCUT2D eigenvalue weighted by Gasteiger charge is 2.32. The summed E-state index contributed by atoms with van der Waals surface area (Å²) in [6.07, 6.45) is -3.43. The average Bonchev–Trinajstić information content (AvgIpc) is 1.83. The fourth-order valence-electron chi connectivity index (χ4n) is 0.512. The molecule has 0 N–H and O–H groups in total. The van der Waals surface area contributed by atoms with E-state index in [2.05, 4.69) is 15.8 Å². The number of alkyl halides is 3. The summed E-state index contributed by atoms with van der Waals surface area (Å²) in [6.45, 7) is 4.57. The molecule has 0 aliphatic rings.